The Labute approximate surface area is 120 Å². The van der Waals surface area contributed by atoms with Gasteiger partial charge in [-0.05, 0) is 41.4 Å². The van der Waals surface area contributed by atoms with Crippen molar-refractivity contribution < 1.29 is 4.79 Å². The molecule has 19 heavy (non-hydrogen) atoms. The highest BCUT2D eigenvalue weighted by atomic mass is 79.9. The van der Waals surface area contributed by atoms with Crippen LogP contribution >= 0.6 is 15.9 Å². The highest BCUT2D eigenvalue weighted by molar-refractivity contribution is 9.10. The molecule has 1 aromatic heterocycles. The molecule has 5 heteroatoms. The van der Waals surface area contributed by atoms with Gasteiger partial charge in [-0.2, -0.15) is 5.10 Å². The molecule has 1 atom stereocenters. The molecule has 0 spiro atoms. The van der Waals surface area contributed by atoms with E-state index in [0.717, 1.165) is 16.7 Å². The first-order valence-corrected chi connectivity index (χ1v) is 7.02. The van der Waals surface area contributed by atoms with Gasteiger partial charge in [-0.25, -0.2) is 4.68 Å². The van der Waals surface area contributed by atoms with Gasteiger partial charge in [0.2, 0.25) is 0 Å². The predicted molar refractivity (Wildman–Crippen MR) is 79.3 cm³/mol. The molecule has 1 aromatic carbocycles. The van der Waals surface area contributed by atoms with Crippen LogP contribution in [0.1, 0.15) is 36.7 Å². The second-order valence-corrected chi connectivity index (χ2v) is 5.21. The molecule has 0 saturated heterocycles. The number of hydrogen-bond acceptors (Lipinski definition) is 2. The summed E-state index contributed by atoms with van der Waals surface area (Å²) in [6.07, 6.45) is 2.65. The van der Waals surface area contributed by atoms with E-state index in [0.29, 0.717) is 5.56 Å². The highest BCUT2D eigenvalue weighted by Crippen LogP contribution is 2.20. The van der Waals surface area contributed by atoms with Crippen molar-refractivity contribution >= 4 is 27.7 Å². The fourth-order valence-corrected chi connectivity index (χ4v) is 2.23. The maximum Gasteiger partial charge on any atom is 0.257 e. The molecular formula is C14H16BrN3O. The Balaban J connectivity index is 2.21. The lowest BCUT2D eigenvalue weighted by molar-refractivity contribution is 0.102. The number of carbonyl (C=O) groups is 1. The van der Waals surface area contributed by atoms with Crippen molar-refractivity contribution in [1.29, 1.82) is 0 Å². The van der Waals surface area contributed by atoms with E-state index in [9.17, 15) is 4.79 Å². The molecule has 0 radical (unpaired) electrons. The summed E-state index contributed by atoms with van der Waals surface area (Å²) in [5, 5.41) is 7.14. The summed E-state index contributed by atoms with van der Waals surface area (Å²) in [4.78, 5) is 12.2. The van der Waals surface area contributed by atoms with E-state index in [1.807, 2.05) is 22.9 Å². The largest absolute Gasteiger partial charge is 0.307 e. The Bertz CT molecular complexity index is 580. The third-order valence-corrected chi connectivity index (χ3v) is 3.73. The average Bonchev–Trinajstić information content (AvgIpc) is 2.86. The van der Waals surface area contributed by atoms with Gasteiger partial charge in [0.05, 0.1) is 17.8 Å². The molecule has 1 N–H and O–H groups in total. The van der Waals surface area contributed by atoms with Crippen LogP contribution in [0.25, 0.3) is 0 Å². The van der Waals surface area contributed by atoms with E-state index >= 15 is 0 Å². The number of carbonyl (C=O) groups excluding carboxylic acids is 1. The van der Waals surface area contributed by atoms with Gasteiger partial charge in [-0.15, -0.1) is 0 Å². The lowest BCUT2D eigenvalue weighted by Gasteiger charge is -2.14. The molecule has 2 rings (SSSR count). The van der Waals surface area contributed by atoms with Crippen LogP contribution in [0.3, 0.4) is 0 Å². The van der Waals surface area contributed by atoms with Crippen LogP contribution in [-0.4, -0.2) is 15.7 Å². The summed E-state index contributed by atoms with van der Waals surface area (Å²) in [6, 6.07) is 9.41. The molecule has 0 aliphatic rings. The molecule has 4 nitrogen and oxygen atoms in total. The van der Waals surface area contributed by atoms with Crippen LogP contribution in [0.15, 0.2) is 41.0 Å². The second-order valence-electron chi connectivity index (χ2n) is 4.35. The SMILES string of the molecule is CC[C@H](C)n1nccc1NC(=O)c1ccccc1Br. The Kier molecular flexibility index (Phi) is 4.37. The van der Waals surface area contributed by atoms with Crippen LogP contribution < -0.4 is 5.32 Å². The highest BCUT2D eigenvalue weighted by Gasteiger charge is 2.14. The summed E-state index contributed by atoms with van der Waals surface area (Å²) >= 11 is 3.38. The summed E-state index contributed by atoms with van der Waals surface area (Å²) in [7, 11) is 0. The summed E-state index contributed by atoms with van der Waals surface area (Å²) in [5.41, 5.74) is 0.611. The summed E-state index contributed by atoms with van der Waals surface area (Å²) < 4.78 is 2.61. The average molecular weight is 322 g/mol. The van der Waals surface area contributed by atoms with E-state index in [2.05, 4.69) is 40.2 Å². The number of rotatable bonds is 4. The molecule has 0 aliphatic carbocycles. The number of hydrogen-bond donors (Lipinski definition) is 1. The van der Waals surface area contributed by atoms with Crippen LogP contribution in [-0.2, 0) is 0 Å². The molecule has 1 heterocycles. The van der Waals surface area contributed by atoms with E-state index in [-0.39, 0.29) is 11.9 Å². The minimum Gasteiger partial charge on any atom is -0.307 e. The topological polar surface area (TPSA) is 46.9 Å². The van der Waals surface area contributed by atoms with Gasteiger partial charge in [0.25, 0.3) is 5.91 Å². The Hall–Kier alpha value is -1.62. The molecule has 0 fully saturated rings. The molecular weight excluding hydrogens is 306 g/mol. The maximum atomic E-state index is 12.2. The number of benzene rings is 1. The van der Waals surface area contributed by atoms with E-state index in [1.54, 1.807) is 18.3 Å². The summed E-state index contributed by atoms with van der Waals surface area (Å²) in [6.45, 7) is 4.16. The van der Waals surface area contributed by atoms with Crippen molar-refractivity contribution in [2.75, 3.05) is 5.32 Å². The first-order valence-electron chi connectivity index (χ1n) is 6.23. The van der Waals surface area contributed by atoms with Crippen LogP contribution in [0.2, 0.25) is 0 Å². The van der Waals surface area contributed by atoms with Crippen LogP contribution in [0, 0.1) is 0 Å². The number of aromatic nitrogens is 2. The van der Waals surface area contributed by atoms with Gasteiger partial charge >= 0.3 is 0 Å². The first kappa shape index (κ1) is 13.8. The van der Waals surface area contributed by atoms with Crippen molar-refractivity contribution in [2.24, 2.45) is 0 Å². The quantitative estimate of drug-likeness (QED) is 0.929. The number of amides is 1. The van der Waals surface area contributed by atoms with Crippen molar-refractivity contribution in [2.45, 2.75) is 26.3 Å². The monoisotopic (exact) mass is 321 g/mol. The molecule has 0 unspecified atom stereocenters. The van der Waals surface area contributed by atoms with Gasteiger partial charge in [-0.3, -0.25) is 4.79 Å². The third kappa shape index (κ3) is 3.04. The zero-order chi connectivity index (χ0) is 13.8. The molecule has 2 aromatic rings. The van der Waals surface area contributed by atoms with Crippen molar-refractivity contribution in [1.82, 2.24) is 9.78 Å². The fraction of sp³-hybridized carbons (Fsp3) is 0.286. The van der Waals surface area contributed by atoms with E-state index < -0.39 is 0 Å². The van der Waals surface area contributed by atoms with Gasteiger partial charge in [0.15, 0.2) is 0 Å². The van der Waals surface area contributed by atoms with Gasteiger partial charge in [0.1, 0.15) is 5.82 Å². The van der Waals surface area contributed by atoms with Gasteiger partial charge in [0, 0.05) is 10.5 Å². The fourth-order valence-electron chi connectivity index (χ4n) is 1.77. The zero-order valence-corrected chi connectivity index (χ0v) is 12.5. The molecule has 100 valence electrons. The summed E-state index contributed by atoms with van der Waals surface area (Å²) in [5.74, 6) is 0.577. The molecule has 1 amide bonds. The predicted octanol–water partition coefficient (Wildman–Crippen LogP) is 3.87. The number of anilines is 1. The van der Waals surface area contributed by atoms with Crippen LogP contribution in [0.5, 0.6) is 0 Å². The van der Waals surface area contributed by atoms with Crippen molar-refractivity contribution in [3.63, 3.8) is 0 Å². The zero-order valence-electron chi connectivity index (χ0n) is 10.9. The second kappa shape index (κ2) is 6.02. The van der Waals surface area contributed by atoms with E-state index in [1.165, 1.54) is 0 Å². The lowest BCUT2D eigenvalue weighted by Crippen LogP contribution is -2.17. The molecule has 0 bridgehead atoms. The first-order chi connectivity index (χ1) is 9.13. The van der Waals surface area contributed by atoms with E-state index in [4.69, 9.17) is 0 Å². The Morgan fingerprint density at radius 1 is 1.42 bits per heavy atom. The lowest BCUT2D eigenvalue weighted by atomic mass is 10.2. The normalized spacial score (nSPS) is 12.2. The van der Waals surface area contributed by atoms with Gasteiger partial charge in [-0.1, -0.05) is 19.1 Å². The Morgan fingerprint density at radius 3 is 2.84 bits per heavy atom. The molecule has 0 aliphatic heterocycles. The standard InChI is InChI=1S/C14H16BrN3O/c1-3-10(2)18-13(8-9-16-18)17-14(19)11-6-4-5-7-12(11)15/h4-10H,3H2,1-2H3,(H,17,19)/t10-/m0/s1. The van der Waals surface area contributed by atoms with Crippen LogP contribution in [0.4, 0.5) is 5.82 Å². The minimum atomic E-state index is -0.141. The third-order valence-electron chi connectivity index (χ3n) is 3.04. The number of nitrogens with one attached hydrogen (secondary N) is 1. The van der Waals surface area contributed by atoms with Crippen molar-refractivity contribution in [3.05, 3.63) is 46.6 Å². The molecule has 0 saturated carbocycles. The number of halogens is 1. The van der Waals surface area contributed by atoms with Gasteiger partial charge < -0.3 is 5.32 Å². The van der Waals surface area contributed by atoms with Crippen molar-refractivity contribution in [3.8, 4) is 0 Å². The Morgan fingerprint density at radius 2 is 2.16 bits per heavy atom. The minimum absolute atomic E-state index is 0.141. The smallest absolute Gasteiger partial charge is 0.257 e. The maximum absolute atomic E-state index is 12.2. The number of nitrogens with zero attached hydrogens (tertiary/aromatic N) is 2.